The maximum atomic E-state index is 14.5. The molecule has 1 aromatic heterocycles. The summed E-state index contributed by atoms with van der Waals surface area (Å²) in [6, 6.07) is -4.38. The zero-order valence-electron chi connectivity index (χ0n) is 16.6. The molecule has 0 bridgehead atoms. The fourth-order valence-corrected chi connectivity index (χ4v) is 2.12. The number of halogens is 7. The molecule has 13 heteroatoms. The lowest BCUT2D eigenvalue weighted by atomic mass is 9.96. The number of aliphatic hydroxyl groups is 1. The Bertz CT molecular complexity index is 775. The van der Waals surface area contributed by atoms with Gasteiger partial charge in [-0.3, -0.25) is 0 Å². The third-order valence-corrected chi connectivity index (χ3v) is 3.82. The molecule has 0 saturated carbocycles. The predicted molar refractivity (Wildman–Crippen MR) is 86.0 cm³/mol. The van der Waals surface area contributed by atoms with Gasteiger partial charge < -0.3 is 15.7 Å². The van der Waals surface area contributed by atoms with Crippen molar-refractivity contribution < 1.29 is 38.6 Å². The highest BCUT2D eigenvalue weighted by molar-refractivity contribution is 5.65. The van der Waals surface area contributed by atoms with Crippen LogP contribution >= 0.6 is 0 Å². The second kappa shape index (κ2) is 8.05. The molecule has 2 rings (SSSR count). The largest absolute Gasteiger partial charge is 0.408 e. The van der Waals surface area contributed by atoms with E-state index in [-0.39, 0.29) is 12.8 Å². The van der Waals surface area contributed by atoms with E-state index in [1.54, 1.807) is 0 Å². The minimum atomic E-state index is -4.73. The molecule has 0 saturated heterocycles. The number of anilines is 2. The summed E-state index contributed by atoms with van der Waals surface area (Å²) in [5, 5.41) is 13.5. The summed E-state index contributed by atoms with van der Waals surface area (Å²) >= 11 is 0. The Morgan fingerprint density at radius 3 is 1.89 bits per heavy atom. The number of nitrogens with one attached hydrogen (secondary N) is 2. The minimum Gasteiger partial charge on any atom is -0.386 e. The summed E-state index contributed by atoms with van der Waals surface area (Å²) < 4.78 is 106. The second-order valence-corrected chi connectivity index (χ2v) is 6.05. The molecule has 0 radical (unpaired) electrons. The third-order valence-electron chi connectivity index (χ3n) is 3.82. The van der Waals surface area contributed by atoms with Gasteiger partial charge in [-0.25, -0.2) is 4.39 Å². The second-order valence-electron chi connectivity index (χ2n) is 6.05. The topological polar surface area (TPSA) is 83.0 Å². The molecule has 3 atom stereocenters. The summed E-state index contributed by atoms with van der Waals surface area (Å²) in [7, 11) is 0. The number of rotatable bonds is 5. The van der Waals surface area contributed by atoms with Gasteiger partial charge in [0.25, 0.3) is 0 Å². The van der Waals surface area contributed by atoms with Crippen LogP contribution in [0.5, 0.6) is 0 Å². The van der Waals surface area contributed by atoms with Crippen molar-refractivity contribution in [3.63, 3.8) is 0 Å². The predicted octanol–water partition coefficient (Wildman–Crippen LogP) is 3.82. The van der Waals surface area contributed by atoms with E-state index in [9.17, 15) is 35.8 Å². The summed E-state index contributed by atoms with van der Waals surface area (Å²) in [6.07, 6.45) is -14.7. The number of alkyl halides is 6. The van der Waals surface area contributed by atoms with Gasteiger partial charge in [0.2, 0.25) is 11.9 Å². The molecule has 1 aromatic rings. The van der Waals surface area contributed by atoms with Crippen molar-refractivity contribution in [2.75, 3.05) is 10.6 Å². The van der Waals surface area contributed by atoms with Crippen LogP contribution in [0.3, 0.4) is 0 Å². The van der Waals surface area contributed by atoms with Crippen LogP contribution in [0.15, 0.2) is 5.83 Å². The van der Waals surface area contributed by atoms with Crippen molar-refractivity contribution in [2.45, 2.75) is 63.6 Å². The van der Waals surface area contributed by atoms with E-state index in [2.05, 4.69) is 15.0 Å². The van der Waals surface area contributed by atoms with Crippen molar-refractivity contribution in [3.05, 3.63) is 11.7 Å². The number of hydrogen-bond acceptors (Lipinski definition) is 6. The number of hydrogen-bond donors (Lipinski definition) is 3. The minimum absolute atomic E-state index is 0.345. The van der Waals surface area contributed by atoms with Crippen LogP contribution in [-0.2, 0) is 0 Å². The number of allylic oxidation sites excluding steroid dienone is 1. The zero-order chi connectivity index (χ0) is 23.1. The molecule has 1 heterocycles. The average Bonchev–Trinajstić information content (AvgIpc) is 2.58. The van der Waals surface area contributed by atoms with Gasteiger partial charge in [0.05, 0.1) is 0 Å². The number of nitrogens with zero attached hydrogens (tertiary/aromatic N) is 3. The van der Waals surface area contributed by atoms with Crippen molar-refractivity contribution >= 4 is 17.5 Å². The van der Waals surface area contributed by atoms with Gasteiger partial charge >= 0.3 is 12.4 Å². The van der Waals surface area contributed by atoms with E-state index < -0.39 is 66.0 Å². The lowest BCUT2D eigenvalue weighted by molar-refractivity contribution is -0.139. The van der Waals surface area contributed by atoms with E-state index in [1.807, 2.05) is 10.6 Å². The first-order valence-corrected chi connectivity index (χ1v) is 8.02. The zero-order valence-corrected chi connectivity index (χ0v) is 14.6. The maximum Gasteiger partial charge on any atom is 0.408 e. The van der Waals surface area contributed by atoms with Crippen LogP contribution in [0.25, 0.3) is 5.57 Å². The van der Waals surface area contributed by atoms with Crippen molar-refractivity contribution in [1.82, 2.24) is 15.0 Å². The molecule has 0 aromatic carbocycles. The molecule has 0 amide bonds. The van der Waals surface area contributed by atoms with Gasteiger partial charge in [-0.2, -0.15) is 41.3 Å². The first kappa shape index (κ1) is 19.2. The van der Waals surface area contributed by atoms with E-state index >= 15 is 0 Å². The highest BCUT2D eigenvalue weighted by atomic mass is 19.4. The molecule has 3 N–H and O–H groups in total. The smallest absolute Gasteiger partial charge is 0.386 e. The molecule has 0 spiro atoms. The van der Waals surface area contributed by atoms with Gasteiger partial charge in [-0.05, 0) is 33.1 Å². The molecular formula is C15H18F7N5O. The number of aromatic nitrogens is 3. The van der Waals surface area contributed by atoms with Gasteiger partial charge in [0.15, 0.2) is 5.82 Å². The molecule has 28 heavy (non-hydrogen) atoms. The molecule has 0 fully saturated rings. The number of aliphatic hydroxyl groups excluding tert-OH is 1. The summed E-state index contributed by atoms with van der Waals surface area (Å²) in [5.41, 5.74) is -0.439. The van der Waals surface area contributed by atoms with E-state index in [1.165, 1.54) is 0 Å². The summed E-state index contributed by atoms with van der Waals surface area (Å²) in [4.78, 5) is 10.7. The van der Waals surface area contributed by atoms with Crippen LogP contribution < -0.4 is 10.6 Å². The maximum absolute atomic E-state index is 14.5. The Morgan fingerprint density at radius 1 is 1.00 bits per heavy atom. The first-order chi connectivity index (χ1) is 13.5. The highest BCUT2D eigenvalue weighted by Gasteiger charge is 2.38. The van der Waals surface area contributed by atoms with Crippen molar-refractivity contribution in [3.8, 4) is 0 Å². The van der Waals surface area contributed by atoms with Crippen LogP contribution in [0.2, 0.25) is 0 Å². The van der Waals surface area contributed by atoms with Crippen molar-refractivity contribution in [1.29, 1.82) is 0 Å². The Kier molecular flexibility index (Phi) is 5.51. The Balaban J connectivity index is 2.50. The first-order valence-electron chi connectivity index (χ1n) is 9.02. The Labute approximate surface area is 158 Å². The lowest BCUT2D eigenvalue weighted by Crippen LogP contribution is -2.35. The van der Waals surface area contributed by atoms with E-state index in [0.29, 0.717) is 13.8 Å². The normalized spacial score (nSPS) is 23.6. The molecule has 158 valence electrons. The van der Waals surface area contributed by atoms with Crippen LogP contribution in [0.4, 0.5) is 42.6 Å². The molecule has 6 nitrogen and oxygen atoms in total. The molecule has 1 unspecified atom stereocenters. The Hall–Kier alpha value is -2.18. The van der Waals surface area contributed by atoms with Gasteiger partial charge in [0.1, 0.15) is 24.0 Å². The SMILES string of the molecule is [2H]C1([2H])CCC(c2nc(N[C@H](C)C(F)(F)F)nc(N[C@H](C)C(F)(F)F)n2)=C(F)C1O. The monoisotopic (exact) mass is 419 g/mol. The quantitative estimate of drug-likeness (QED) is 0.630. The van der Waals surface area contributed by atoms with Crippen LogP contribution in [0, 0.1) is 0 Å². The fraction of sp³-hybridized carbons (Fsp3) is 0.667. The molecule has 0 aliphatic heterocycles. The lowest BCUT2D eigenvalue weighted by Gasteiger charge is -2.22. The third kappa shape index (κ3) is 5.42. The molecule has 1 aliphatic carbocycles. The molecular weight excluding hydrogens is 399 g/mol. The van der Waals surface area contributed by atoms with Gasteiger partial charge in [0, 0.05) is 8.31 Å². The van der Waals surface area contributed by atoms with E-state index in [4.69, 9.17) is 2.74 Å². The molecule has 1 aliphatic rings. The fourth-order valence-electron chi connectivity index (χ4n) is 2.12. The van der Waals surface area contributed by atoms with Crippen LogP contribution in [-0.4, -0.2) is 50.6 Å². The van der Waals surface area contributed by atoms with Gasteiger partial charge in [-0.1, -0.05) is 0 Å². The highest BCUT2D eigenvalue weighted by Crippen LogP contribution is 2.33. The van der Waals surface area contributed by atoms with E-state index in [0.717, 1.165) is 0 Å². The summed E-state index contributed by atoms with van der Waals surface area (Å²) in [6.45, 7) is 1.43. The standard InChI is InChI=1S/C15H18F7N5O/c1-6(14(17,18)19)23-12-25-11(8-4-3-5-9(28)10(8)16)26-13(27-12)24-7(2)15(20,21)22/h6-7,9,28H,3-5H2,1-2H3,(H2,23,24,25,26,27)/t6-,7-,9?/m1/s1/i5D2. The van der Waals surface area contributed by atoms with Gasteiger partial charge in [-0.15, -0.1) is 0 Å². The Morgan fingerprint density at radius 2 is 1.46 bits per heavy atom. The average molecular weight is 419 g/mol. The van der Waals surface area contributed by atoms with Crippen molar-refractivity contribution in [2.24, 2.45) is 0 Å². The van der Waals surface area contributed by atoms with Crippen LogP contribution in [0.1, 0.15) is 41.6 Å². The summed E-state index contributed by atoms with van der Waals surface area (Å²) in [5.74, 6) is -3.52.